The molecule has 146 valence electrons. The lowest BCUT2D eigenvalue weighted by Gasteiger charge is -2.29. The number of amides is 1. The lowest BCUT2D eigenvalue weighted by Crippen LogP contribution is -2.38. The van der Waals surface area contributed by atoms with E-state index in [1.165, 1.54) is 0 Å². The van der Waals surface area contributed by atoms with Crippen molar-refractivity contribution in [1.82, 2.24) is 34.7 Å². The van der Waals surface area contributed by atoms with E-state index in [1.54, 1.807) is 23.1 Å². The number of carbonyl (C=O) groups excluding carboxylic acids is 1. The van der Waals surface area contributed by atoms with Crippen molar-refractivity contribution in [2.45, 2.75) is 37.8 Å². The minimum atomic E-state index is -0.110. The number of nitrogens with one attached hydrogen (secondary N) is 1. The molecule has 0 aliphatic heterocycles. The van der Waals surface area contributed by atoms with Gasteiger partial charge in [-0.25, -0.2) is 4.52 Å². The maximum Gasteiger partial charge on any atom is 0.272 e. The highest BCUT2D eigenvalue weighted by Crippen LogP contribution is 2.29. The number of rotatable bonds is 4. The molecular weight excluding hydrogens is 366 g/mol. The summed E-state index contributed by atoms with van der Waals surface area (Å²) in [6.07, 6.45) is 14.6. The Morgan fingerprint density at radius 2 is 2.00 bits per heavy atom. The highest BCUT2D eigenvalue weighted by molar-refractivity contribution is 5.93. The van der Waals surface area contributed by atoms with Crippen molar-refractivity contribution in [3.63, 3.8) is 0 Å². The molecule has 0 aromatic carbocycles. The number of carbonyl (C=O) groups is 1. The fourth-order valence-corrected chi connectivity index (χ4v) is 3.91. The molecule has 0 spiro atoms. The maximum atomic E-state index is 12.6. The molecule has 8 nitrogen and oxygen atoms in total. The zero-order valence-corrected chi connectivity index (χ0v) is 15.8. The molecule has 1 aliphatic carbocycles. The molecule has 4 aromatic rings. The topological polar surface area (TPSA) is 90.0 Å². The van der Waals surface area contributed by atoms with Gasteiger partial charge in [-0.05, 0) is 43.9 Å². The van der Waals surface area contributed by atoms with Crippen LogP contribution >= 0.6 is 0 Å². The molecule has 0 radical (unpaired) electrons. The van der Waals surface area contributed by atoms with Crippen LogP contribution in [0.1, 0.15) is 42.2 Å². The van der Waals surface area contributed by atoms with Crippen molar-refractivity contribution in [2.75, 3.05) is 0 Å². The average molecular weight is 387 g/mol. The van der Waals surface area contributed by atoms with E-state index in [9.17, 15) is 4.79 Å². The monoisotopic (exact) mass is 387 g/mol. The molecule has 0 bridgehead atoms. The molecule has 1 amide bonds. The largest absolute Gasteiger partial charge is 0.348 e. The highest BCUT2D eigenvalue weighted by Gasteiger charge is 2.25. The SMILES string of the molecule is O=C(NC1CCC(n2cc(-c3cnccn3)cn2)CC1)c1cc2ccccn2n1. The summed E-state index contributed by atoms with van der Waals surface area (Å²) in [7, 11) is 0. The van der Waals surface area contributed by atoms with Crippen LogP contribution in [0.3, 0.4) is 0 Å². The predicted molar refractivity (Wildman–Crippen MR) is 107 cm³/mol. The molecule has 5 rings (SSSR count). The van der Waals surface area contributed by atoms with Crippen LogP contribution in [0.5, 0.6) is 0 Å². The van der Waals surface area contributed by atoms with Gasteiger partial charge in [0.25, 0.3) is 5.91 Å². The van der Waals surface area contributed by atoms with Gasteiger partial charge in [-0.2, -0.15) is 10.2 Å². The molecule has 8 heteroatoms. The van der Waals surface area contributed by atoms with Gasteiger partial charge in [-0.3, -0.25) is 19.4 Å². The van der Waals surface area contributed by atoms with Gasteiger partial charge in [0, 0.05) is 36.4 Å². The van der Waals surface area contributed by atoms with Gasteiger partial charge >= 0.3 is 0 Å². The zero-order valence-electron chi connectivity index (χ0n) is 15.8. The molecule has 1 N–H and O–H groups in total. The summed E-state index contributed by atoms with van der Waals surface area (Å²) in [6, 6.07) is 8.09. The van der Waals surface area contributed by atoms with Gasteiger partial charge < -0.3 is 5.32 Å². The Labute approximate surface area is 167 Å². The molecule has 4 heterocycles. The van der Waals surface area contributed by atoms with Gasteiger partial charge in [0.1, 0.15) is 0 Å². The average Bonchev–Trinajstić information content (AvgIpc) is 3.42. The third-order valence-electron chi connectivity index (χ3n) is 5.47. The van der Waals surface area contributed by atoms with Crippen LogP contribution in [0.25, 0.3) is 16.8 Å². The molecule has 0 saturated heterocycles. The van der Waals surface area contributed by atoms with E-state index >= 15 is 0 Å². The maximum absolute atomic E-state index is 12.6. The van der Waals surface area contributed by atoms with Crippen LogP contribution in [0, 0.1) is 0 Å². The number of nitrogens with zero attached hydrogens (tertiary/aromatic N) is 6. The van der Waals surface area contributed by atoms with Gasteiger partial charge in [0.15, 0.2) is 5.69 Å². The molecule has 29 heavy (non-hydrogen) atoms. The second-order valence-electron chi connectivity index (χ2n) is 7.38. The number of fused-ring (bicyclic) bond motifs is 1. The molecular formula is C21H21N7O. The van der Waals surface area contributed by atoms with Gasteiger partial charge in [0.2, 0.25) is 0 Å². The normalized spacial score (nSPS) is 19.3. The van der Waals surface area contributed by atoms with Gasteiger partial charge in [-0.15, -0.1) is 0 Å². The van der Waals surface area contributed by atoms with E-state index in [2.05, 4.69) is 25.5 Å². The number of aromatic nitrogens is 6. The number of hydrogen-bond donors (Lipinski definition) is 1. The Balaban J connectivity index is 1.19. The number of pyridine rings is 1. The Bertz CT molecular complexity index is 1090. The van der Waals surface area contributed by atoms with Crippen LogP contribution in [-0.2, 0) is 0 Å². The summed E-state index contributed by atoms with van der Waals surface area (Å²) in [5, 5.41) is 12.0. The minimum absolute atomic E-state index is 0.110. The van der Waals surface area contributed by atoms with Crippen LogP contribution in [0.15, 0.2) is 61.4 Å². The molecule has 1 saturated carbocycles. The van der Waals surface area contributed by atoms with E-state index in [-0.39, 0.29) is 11.9 Å². The third-order valence-corrected chi connectivity index (χ3v) is 5.47. The molecule has 0 atom stereocenters. The van der Waals surface area contributed by atoms with Crippen molar-refractivity contribution in [3.8, 4) is 11.3 Å². The van der Waals surface area contributed by atoms with E-state index in [0.717, 1.165) is 42.5 Å². The Morgan fingerprint density at radius 3 is 2.79 bits per heavy atom. The predicted octanol–water partition coefficient (Wildman–Crippen LogP) is 2.90. The molecule has 0 unspecified atom stereocenters. The first-order valence-electron chi connectivity index (χ1n) is 9.82. The summed E-state index contributed by atoms with van der Waals surface area (Å²) in [5.74, 6) is -0.110. The fourth-order valence-electron chi connectivity index (χ4n) is 3.91. The first kappa shape index (κ1) is 17.5. The van der Waals surface area contributed by atoms with Gasteiger partial charge in [-0.1, -0.05) is 6.07 Å². The van der Waals surface area contributed by atoms with Crippen LogP contribution < -0.4 is 5.32 Å². The summed E-state index contributed by atoms with van der Waals surface area (Å²) in [6.45, 7) is 0. The quantitative estimate of drug-likeness (QED) is 0.581. The summed E-state index contributed by atoms with van der Waals surface area (Å²) in [5.41, 5.74) is 3.17. The minimum Gasteiger partial charge on any atom is -0.348 e. The summed E-state index contributed by atoms with van der Waals surface area (Å²) >= 11 is 0. The standard InChI is InChI=1S/C21H21N7O/c29-21(19-11-18-3-1-2-10-27(18)26-19)25-16-4-6-17(7-5-16)28-14-15(12-24-28)20-13-22-8-9-23-20/h1-3,8-14,16-17H,4-7H2,(H,25,29). The second-order valence-corrected chi connectivity index (χ2v) is 7.38. The van der Waals surface area contributed by atoms with Gasteiger partial charge in [0.05, 0.1) is 29.6 Å². The third kappa shape index (κ3) is 3.61. The summed E-state index contributed by atoms with van der Waals surface area (Å²) in [4.78, 5) is 21.0. The fraction of sp³-hybridized carbons (Fsp3) is 0.286. The first-order valence-corrected chi connectivity index (χ1v) is 9.82. The Kier molecular flexibility index (Phi) is 4.51. The molecule has 4 aromatic heterocycles. The zero-order chi connectivity index (χ0) is 19.6. The lowest BCUT2D eigenvalue weighted by atomic mass is 9.91. The highest BCUT2D eigenvalue weighted by atomic mass is 16.2. The summed E-state index contributed by atoms with van der Waals surface area (Å²) < 4.78 is 3.74. The smallest absolute Gasteiger partial charge is 0.272 e. The van der Waals surface area contributed by atoms with E-state index in [0.29, 0.717) is 11.7 Å². The van der Waals surface area contributed by atoms with Crippen molar-refractivity contribution in [1.29, 1.82) is 0 Å². The Hall–Kier alpha value is -3.55. The lowest BCUT2D eigenvalue weighted by molar-refractivity contribution is 0.0916. The second kappa shape index (κ2) is 7.46. The molecule has 1 fully saturated rings. The van der Waals surface area contributed by atoms with Crippen LogP contribution in [0.2, 0.25) is 0 Å². The first-order chi connectivity index (χ1) is 14.3. The van der Waals surface area contributed by atoms with Crippen LogP contribution in [-0.4, -0.2) is 41.3 Å². The van der Waals surface area contributed by atoms with Crippen molar-refractivity contribution in [2.24, 2.45) is 0 Å². The van der Waals surface area contributed by atoms with Crippen LogP contribution in [0.4, 0.5) is 0 Å². The van der Waals surface area contributed by atoms with Crippen molar-refractivity contribution >= 4 is 11.4 Å². The molecule has 1 aliphatic rings. The number of hydrogen-bond acceptors (Lipinski definition) is 5. The van der Waals surface area contributed by atoms with E-state index < -0.39 is 0 Å². The van der Waals surface area contributed by atoms with Crippen molar-refractivity contribution < 1.29 is 4.79 Å². The van der Waals surface area contributed by atoms with E-state index in [1.807, 2.05) is 47.5 Å². The van der Waals surface area contributed by atoms with E-state index in [4.69, 9.17) is 0 Å². The Morgan fingerprint density at radius 1 is 1.10 bits per heavy atom. The van der Waals surface area contributed by atoms with Crippen molar-refractivity contribution in [3.05, 3.63) is 67.1 Å².